The molecule has 3 fully saturated rings. The Hall–Kier alpha value is -0.670. The Morgan fingerprint density at radius 3 is 2.78 bits per heavy atom. The molecule has 0 bridgehead atoms. The van der Waals surface area contributed by atoms with Crippen LogP contribution in [0.25, 0.3) is 0 Å². The van der Waals surface area contributed by atoms with Crippen LogP contribution >= 0.6 is 0 Å². The topological polar surface area (TPSA) is 57.5 Å². The van der Waals surface area contributed by atoms with Gasteiger partial charge in [0.2, 0.25) is 0 Å². The summed E-state index contributed by atoms with van der Waals surface area (Å²) >= 11 is 0. The molecule has 6 atom stereocenters. The third-order valence-corrected chi connectivity index (χ3v) is 7.77. The van der Waals surface area contributed by atoms with Gasteiger partial charge < -0.3 is 10.2 Å². The van der Waals surface area contributed by atoms with E-state index in [2.05, 4.69) is 0 Å². The monoisotopic (exact) mass is 318 g/mol. The van der Waals surface area contributed by atoms with Gasteiger partial charge in [0.15, 0.2) is 5.78 Å². The van der Waals surface area contributed by atoms with E-state index in [0.29, 0.717) is 17.6 Å². The number of rotatable bonds is 3. The first-order valence-electron chi connectivity index (χ1n) is 9.68. The minimum absolute atomic E-state index is 0.0790. The summed E-state index contributed by atoms with van der Waals surface area (Å²) in [4.78, 5) is 11.7. The number of aliphatic hydroxyl groups is 2. The summed E-state index contributed by atoms with van der Waals surface area (Å²) in [7, 11) is 0. The third kappa shape index (κ3) is 2.42. The van der Waals surface area contributed by atoms with E-state index < -0.39 is 0 Å². The van der Waals surface area contributed by atoms with E-state index in [9.17, 15) is 15.0 Å². The molecular weight excluding hydrogens is 288 g/mol. The molecule has 4 rings (SSSR count). The lowest BCUT2D eigenvalue weighted by Gasteiger charge is -2.54. The highest BCUT2D eigenvalue weighted by atomic mass is 16.3. The van der Waals surface area contributed by atoms with E-state index >= 15 is 0 Å². The first-order chi connectivity index (χ1) is 11.2. The fourth-order valence-corrected chi connectivity index (χ4v) is 6.85. The molecule has 2 N–H and O–H groups in total. The van der Waals surface area contributed by atoms with Gasteiger partial charge in [-0.05, 0) is 93.0 Å². The minimum atomic E-state index is -0.162. The fraction of sp³-hybridized carbons (Fsp3) is 0.850. The molecular formula is C20H30O3. The molecule has 3 nitrogen and oxygen atoms in total. The Morgan fingerprint density at radius 1 is 1.09 bits per heavy atom. The van der Waals surface area contributed by atoms with Crippen molar-refractivity contribution in [2.75, 3.05) is 6.61 Å². The number of carbonyl (C=O) groups is 1. The van der Waals surface area contributed by atoms with Crippen LogP contribution in [0.4, 0.5) is 0 Å². The van der Waals surface area contributed by atoms with E-state index in [1.807, 2.05) is 6.08 Å². The maximum absolute atomic E-state index is 11.7. The lowest BCUT2D eigenvalue weighted by atomic mass is 9.51. The van der Waals surface area contributed by atoms with Gasteiger partial charge in [0.05, 0.1) is 6.10 Å². The van der Waals surface area contributed by atoms with E-state index in [1.54, 1.807) is 0 Å². The summed E-state index contributed by atoms with van der Waals surface area (Å²) in [6.45, 7) is 0.243. The highest BCUT2D eigenvalue weighted by Gasteiger charge is 2.57. The van der Waals surface area contributed by atoms with Crippen molar-refractivity contribution >= 4 is 5.78 Å². The Labute approximate surface area is 139 Å². The summed E-state index contributed by atoms with van der Waals surface area (Å²) < 4.78 is 0. The molecule has 0 spiro atoms. The van der Waals surface area contributed by atoms with Crippen LogP contribution in [0.1, 0.15) is 64.2 Å². The molecule has 0 aromatic rings. The van der Waals surface area contributed by atoms with Crippen LogP contribution in [-0.2, 0) is 4.79 Å². The van der Waals surface area contributed by atoms with E-state index in [4.69, 9.17) is 0 Å². The zero-order chi connectivity index (χ0) is 16.0. The molecule has 0 aliphatic heterocycles. The summed E-state index contributed by atoms with van der Waals surface area (Å²) in [5.41, 5.74) is 1.51. The fourth-order valence-electron chi connectivity index (χ4n) is 6.85. The second-order valence-electron chi connectivity index (χ2n) is 8.50. The number of aliphatic hydroxyl groups excluding tert-OH is 2. The van der Waals surface area contributed by atoms with Crippen molar-refractivity contribution in [3.05, 3.63) is 11.6 Å². The lowest BCUT2D eigenvalue weighted by Crippen LogP contribution is -2.49. The normalized spacial score (nSPS) is 45.9. The number of ketones is 1. The molecule has 0 aromatic heterocycles. The molecule has 0 radical (unpaired) electrons. The molecule has 3 saturated carbocycles. The molecule has 0 unspecified atom stereocenters. The van der Waals surface area contributed by atoms with Gasteiger partial charge in [-0.2, -0.15) is 0 Å². The summed E-state index contributed by atoms with van der Waals surface area (Å²) in [6, 6.07) is 0. The first-order valence-corrected chi connectivity index (χ1v) is 9.68. The molecule has 0 heterocycles. The standard InChI is InChI=1S/C20H30O3/c21-11-1-9-20-10-8-16-15-5-3-14(22)12-13(15)2-4-17(16)18(20)6-7-19(20)23/h12,15-19,21,23H,1-11H2/t15-,16+,17+,18-,19-,20-/m0/s1. The highest BCUT2D eigenvalue weighted by molar-refractivity contribution is 5.91. The first kappa shape index (κ1) is 15.8. The molecule has 4 aliphatic rings. The molecule has 23 heavy (non-hydrogen) atoms. The number of hydrogen-bond donors (Lipinski definition) is 2. The second kappa shape index (κ2) is 6.00. The summed E-state index contributed by atoms with van der Waals surface area (Å²) in [5.74, 6) is 3.08. The van der Waals surface area contributed by atoms with E-state index in [0.717, 1.165) is 56.8 Å². The van der Waals surface area contributed by atoms with Crippen molar-refractivity contribution < 1.29 is 15.0 Å². The average molecular weight is 318 g/mol. The van der Waals surface area contributed by atoms with Gasteiger partial charge in [0.25, 0.3) is 0 Å². The van der Waals surface area contributed by atoms with E-state index in [-0.39, 0.29) is 18.1 Å². The largest absolute Gasteiger partial charge is 0.396 e. The van der Waals surface area contributed by atoms with Crippen LogP contribution in [-0.4, -0.2) is 28.7 Å². The van der Waals surface area contributed by atoms with Crippen LogP contribution in [0.15, 0.2) is 11.6 Å². The lowest BCUT2D eigenvalue weighted by molar-refractivity contribution is -0.116. The van der Waals surface area contributed by atoms with Gasteiger partial charge in [-0.1, -0.05) is 5.57 Å². The van der Waals surface area contributed by atoms with Crippen molar-refractivity contribution in [1.29, 1.82) is 0 Å². The van der Waals surface area contributed by atoms with Gasteiger partial charge in [-0.3, -0.25) is 4.79 Å². The second-order valence-corrected chi connectivity index (χ2v) is 8.50. The Balaban J connectivity index is 1.59. The van der Waals surface area contributed by atoms with Gasteiger partial charge in [0, 0.05) is 13.0 Å². The molecule has 0 saturated heterocycles. The molecule has 0 aromatic carbocycles. The van der Waals surface area contributed by atoms with Crippen molar-refractivity contribution in [1.82, 2.24) is 0 Å². The average Bonchev–Trinajstić information content (AvgIpc) is 2.89. The maximum atomic E-state index is 11.7. The smallest absolute Gasteiger partial charge is 0.155 e. The molecule has 4 aliphatic carbocycles. The van der Waals surface area contributed by atoms with E-state index in [1.165, 1.54) is 24.8 Å². The van der Waals surface area contributed by atoms with Crippen LogP contribution in [0.2, 0.25) is 0 Å². The van der Waals surface area contributed by atoms with Gasteiger partial charge >= 0.3 is 0 Å². The zero-order valence-electron chi connectivity index (χ0n) is 14.0. The van der Waals surface area contributed by atoms with Crippen LogP contribution in [0, 0.1) is 29.1 Å². The number of hydrogen-bond acceptors (Lipinski definition) is 3. The van der Waals surface area contributed by atoms with Gasteiger partial charge in [-0.25, -0.2) is 0 Å². The predicted octanol–water partition coefficient (Wildman–Crippen LogP) is 3.24. The van der Waals surface area contributed by atoms with Crippen molar-refractivity contribution in [3.8, 4) is 0 Å². The summed E-state index contributed by atoms with van der Waals surface area (Å²) in [5, 5.41) is 20.0. The number of allylic oxidation sites excluding steroid dienone is 1. The highest BCUT2D eigenvalue weighted by Crippen LogP contribution is 2.63. The maximum Gasteiger partial charge on any atom is 0.155 e. The number of fused-ring (bicyclic) bond motifs is 5. The van der Waals surface area contributed by atoms with Gasteiger partial charge in [-0.15, -0.1) is 0 Å². The minimum Gasteiger partial charge on any atom is -0.396 e. The van der Waals surface area contributed by atoms with Crippen LogP contribution < -0.4 is 0 Å². The van der Waals surface area contributed by atoms with Crippen molar-refractivity contribution in [2.24, 2.45) is 29.1 Å². The van der Waals surface area contributed by atoms with Crippen molar-refractivity contribution in [3.63, 3.8) is 0 Å². The number of carbonyl (C=O) groups excluding carboxylic acids is 1. The van der Waals surface area contributed by atoms with Gasteiger partial charge in [0.1, 0.15) is 0 Å². The third-order valence-electron chi connectivity index (χ3n) is 7.77. The molecule has 128 valence electrons. The molecule has 0 amide bonds. The van der Waals surface area contributed by atoms with Crippen LogP contribution in [0.5, 0.6) is 0 Å². The predicted molar refractivity (Wildman–Crippen MR) is 88.7 cm³/mol. The quantitative estimate of drug-likeness (QED) is 0.840. The summed E-state index contributed by atoms with van der Waals surface area (Å²) in [6.07, 6.45) is 12.2. The Morgan fingerprint density at radius 2 is 1.96 bits per heavy atom. The van der Waals surface area contributed by atoms with Crippen molar-refractivity contribution in [2.45, 2.75) is 70.3 Å². The Bertz CT molecular complexity index is 511. The Kier molecular flexibility index (Phi) is 4.13. The molecule has 3 heteroatoms. The van der Waals surface area contributed by atoms with Crippen LogP contribution in [0.3, 0.4) is 0 Å². The SMILES string of the molecule is O=C1C=C2CC[C@@H]3[C@H](CC[C@]4(CCCO)[C@@H](O)CC[C@@H]34)[C@H]2CC1. The zero-order valence-corrected chi connectivity index (χ0v) is 14.0.